The Morgan fingerprint density at radius 2 is 2.17 bits per heavy atom. The van der Waals surface area contributed by atoms with Gasteiger partial charge in [-0.2, -0.15) is 0 Å². The first-order valence-electron chi connectivity index (χ1n) is 4.38. The average Bonchev–Trinajstić information content (AvgIpc) is 1.83. The minimum Gasteiger partial charge on any atom is -0.481 e. The highest BCUT2D eigenvalue weighted by Gasteiger charge is 2.23. The van der Waals surface area contributed by atoms with E-state index in [-0.39, 0.29) is 6.42 Å². The van der Waals surface area contributed by atoms with Crippen molar-refractivity contribution in [3.8, 4) is 0 Å². The Labute approximate surface area is 74.0 Å². The van der Waals surface area contributed by atoms with Gasteiger partial charge in [0.05, 0.1) is 6.42 Å². The van der Waals surface area contributed by atoms with Crippen LogP contribution < -0.4 is 5.73 Å². The second kappa shape index (κ2) is 4.45. The predicted octanol–water partition coefficient (Wildman–Crippen LogP) is 1.61. The predicted molar refractivity (Wildman–Crippen MR) is 48.9 cm³/mol. The number of hydrogen-bond donors (Lipinski definition) is 2. The molecule has 72 valence electrons. The summed E-state index contributed by atoms with van der Waals surface area (Å²) in [7, 11) is 0. The van der Waals surface area contributed by atoms with Crippen molar-refractivity contribution in [1.29, 1.82) is 0 Å². The molecule has 0 heterocycles. The molecule has 0 aliphatic heterocycles. The first-order valence-corrected chi connectivity index (χ1v) is 4.38. The molecule has 0 rings (SSSR count). The van der Waals surface area contributed by atoms with Gasteiger partial charge in [0.25, 0.3) is 0 Å². The molecule has 0 saturated carbocycles. The first-order chi connectivity index (χ1) is 5.37. The molecule has 0 bridgehead atoms. The summed E-state index contributed by atoms with van der Waals surface area (Å²) in [6, 6.07) is 0. The van der Waals surface area contributed by atoms with Crippen molar-refractivity contribution in [1.82, 2.24) is 0 Å². The number of aliphatic carboxylic acids is 1. The van der Waals surface area contributed by atoms with Gasteiger partial charge in [-0.05, 0) is 19.3 Å². The van der Waals surface area contributed by atoms with Gasteiger partial charge < -0.3 is 10.8 Å². The number of nitrogens with two attached hydrogens (primary N) is 1. The van der Waals surface area contributed by atoms with Crippen molar-refractivity contribution in [2.45, 2.75) is 45.6 Å². The standard InChI is InChI=1S/C9H19NO2/c1-4-7(2)5-9(3,10)6-8(11)12/h7H,4-6,10H2,1-3H3,(H,11,12)/t7?,9-/m0/s1. The van der Waals surface area contributed by atoms with E-state index in [2.05, 4.69) is 13.8 Å². The second-order valence-corrected chi connectivity index (χ2v) is 3.94. The molecule has 0 spiro atoms. The fourth-order valence-corrected chi connectivity index (χ4v) is 1.36. The maximum atomic E-state index is 10.4. The van der Waals surface area contributed by atoms with Crippen molar-refractivity contribution in [3.63, 3.8) is 0 Å². The molecular formula is C9H19NO2. The molecule has 0 aromatic carbocycles. The fraction of sp³-hybridized carbons (Fsp3) is 0.889. The van der Waals surface area contributed by atoms with Gasteiger partial charge in [0.1, 0.15) is 0 Å². The lowest BCUT2D eigenvalue weighted by Gasteiger charge is -2.25. The largest absolute Gasteiger partial charge is 0.481 e. The Morgan fingerprint density at radius 1 is 1.67 bits per heavy atom. The van der Waals surface area contributed by atoms with E-state index in [1.807, 2.05) is 0 Å². The third kappa shape index (κ3) is 5.13. The average molecular weight is 173 g/mol. The van der Waals surface area contributed by atoms with Gasteiger partial charge in [-0.15, -0.1) is 0 Å². The number of hydrogen-bond acceptors (Lipinski definition) is 2. The van der Waals surface area contributed by atoms with Gasteiger partial charge in [0, 0.05) is 5.54 Å². The van der Waals surface area contributed by atoms with Gasteiger partial charge in [-0.1, -0.05) is 20.3 Å². The summed E-state index contributed by atoms with van der Waals surface area (Å²) in [6.45, 7) is 5.97. The molecule has 0 fully saturated rings. The zero-order valence-corrected chi connectivity index (χ0v) is 8.13. The van der Waals surface area contributed by atoms with E-state index >= 15 is 0 Å². The summed E-state index contributed by atoms with van der Waals surface area (Å²) in [5.41, 5.74) is 5.26. The van der Waals surface area contributed by atoms with Crippen LogP contribution >= 0.6 is 0 Å². The minimum absolute atomic E-state index is 0.0529. The molecule has 12 heavy (non-hydrogen) atoms. The zero-order chi connectivity index (χ0) is 9.78. The fourth-order valence-electron chi connectivity index (χ4n) is 1.36. The van der Waals surface area contributed by atoms with Crippen molar-refractivity contribution < 1.29 is 9.90 Å². The third-order valence-corrected chi connectivity index (χ3v) is 2.07. The van der Waals surface area contributed by atoms with E-state index in [1.165, 1.54) is 0 Å². The van der Waals surface area contributed by atoms with Gasteiger partial charge >= 0.3 is 5.97 Å². The third-order valence-electron chi connectivity index (χ3n) is 2.07. The Hall–Kier alpha value is -0.570. The summed E-state index contributed by atoms with van der Waals surface area (Å²) in [5, 5.41) is 8.55. The molecule has 0 aliphatic carbocycles. The Balaban J connectivity index is 3.94. The molecule has 0 amide bonds. The van der Waals surface area contributed by atoms with E-state index in [4.69, 9.17) is 10.8 Å². The van der Waals surface area contributed by atoms with E-state index in [9.17, 15) is 4.79 Å². The quantitative estimate of drug-likeness (QED) is 0.664. The topological polar surface area (TPSA) is 63.3 Å². The number of carboxylic acids is 1. The van der Waals surface area contributed by atoms with Crippen LogP contribution in [0.3, 0.4) is 0 Å². The van der Waals surface area contributed by atoms with Crippen molar-refractivity contribution in [3.05, 3.63) is 0 Å². The first kappa shape index (κ1) is 11.4. The number of carboxylic acid groups (broad SMARTS) is 1. The van der Waals surface area contributed by atoms with E-state index in [1.54, 1.807) is 6.92 Å². The van der Waals surface area contributed by atoms with Crippen LogP contribution in [-0.4, -0.2) is 16.6 Å². The lowest BCUT2D eigenvalue weighted by atomic mass is 9.87. The Bertz CT molecular complexity index is 155. The van der Waals surface area contributed by atoms with Crippen LogP contribution in [0.15, 0.2) is 0 Å². The van der Waals surface area contributed by atoms with Crippen molar-refractivity contribution >= 4 is 5.97 Å². The summed E-state index contributed by atoms with van der Waals surface area (Å²) >= 11 is 0. The number of carbonyl (C=O) groups is 1. The summed E-state index contributed by atoms with van der Waals surface area (Å²) in [6.07, 6.45) is 1.87. The molecule has 3 nitrogen and oxygen atoms in total. The zero-order valence-electron chi connectivity index (χ0n) is 8.13. The van der Waals surface area contributed by atoms with Crippen LogP contribution in [0.4, 0.5) is 0 Å². The van der Waals surface area contributed by atoms with Crippen LogP contribution in [-0.2, 0) is 4.79 Å². The molecule has 2 atom stereocenters. The Kier molecular flexibility index (Phi) is 4.24. The molecule has 0 aromatic rings. The molecular weight excluding hydrogens is 154 g/mol. The van der Waals surface area contributed by atoms with Crippen LogP contribution in [0, 0.1) is 5.92 Å². The maximum Gasteiger partial charge on any atom is 0.305 e. The van der Waals surface area contributed by atoms with Gasteiger partial charge in [0.15, 0.2) is 0 Å². The maximum absolute atomic E-state index is 10.4. The van der Waals surface area contributed by atoms with E-state index in [0.29, 0.717) is 5.92 Å². The summed E-state index contributed by atoms with van der Waals surface area (Å²) in [5.74, 6) is -0.317. The molecule has 0 aromatic heterocycles. The van der Waals surface area contributed by atoms with Gasteiger partial charge in [0.2, 0.25) is 0 Å². The molecule has 1 unspecified atom stereocenters. The molecule has 3 N–H and O–H groups in total. The van der Waals surface area contributed by atoms with E-state index in [0.717, 1.165) is 12.8 Å². The molecule has 0 radical (unpaired) electrons. The van der Waals surface area contributed by atoms with Crippen LogP contribution in [0.25, 0.3) is 0 Å². The molecule has 0 aliphatic rings. The SMILES string of the molecule is CCC(C)C[C@](C)(N)CC(=O)O. The Morgan fingerprint density at radius 3 is 2.50 bits per heavy atom. The smallest absolute Gasteiger partial charge is 0.305 e. The minimum atomic E-state index is -0.816. The molecule has 3 heteroatoms. The van der Waals surface area contributed by atoms with Gasteiger partial charge in [-0.25, -0.2) is 0 Å². The summed E-state index contributed by atoms with van der Waals surface area (Å²) < 4.78 is 0. The highest BCUT2D eigenvalue weighted by atomic mass is 16.4. The van der Waals surface area contributed by atoms with Gasteiger partial charge in [-0.3, -0.25) is 4.79 Å². The normalized spacial score (nSPS) is 18.3. The lowest BCUT2D eigenvalue weighted by molar-refractivity contribution is -0.138. The lowest BCUT2D eigenvalue weighted by Crippen LogP contribution is -2.40. The van der Waals surface area contributed by atoms with Crippen LogP contribution in [0.1, 0.15) is 40.0 Å². The van der Waals surface area contributed by atoms with E-state index < -0.39 is 11.5 Å². The number of rotatable bonds is 5. The second-order valence-electron chi connectivity index (χ2n) is 3.94. The van der Waals surface area contributed by atoms with Crippen molar-refractivity contribution in [2.24, 2.45) is 11.7 Å². The highest BCUT2D eigenvalue weighted by molar-refractivity contribution is 5.68. The monoisotopic (exact) mass is 173 g/mol. The van der Waals surface area contributed by atoms with Crippen LogP contribution in [0.5, 0.6) is 0 Å². The molecule has 0 saturated heterocycles. The highest BCUT2D eigenvalue weighted by Crippen LogP contribution is 2.19. The van der Waals surface area contributed by atoms with Crippen LogP contribution in [0.2, 0.25) is 0 Å². The summed E-state index contributed by atoms with van der Waals surface area (Å²) in [4.78, 5) is 10.4. The van der Waals surface area contributed by atoms with Crippen molar-refractivity contribution in [2.75, 3.05) is 0 Å².